The molecule has 1 N–H and O–H groups in total. The highest BCUT2D eigenvalue weighted by molar-refractivity contribution is 5.85. The van der Waals surface area contributed by atoms with Crippen LogP contribution in [0.1, 0.15) is 37.7 Å². The Morgan fingerprint density at radius 1 is 1.42 bits per heavy atom. The summed E-state index contributed by atoms with van der Waals surface area (Å²) in [6, 6.07) is 6.10. The number of hydrogen-bond donors (Lipinski definition) is 1. The molecule has 1 saturated heterocycles. The molecule has 0 bridgehead atoms. The maximum atomic E-state index is 9.53. The fraction of sp³-hybridized carbons (Fsp3) is 0.600. The number of likely N-dealkylation sites (tertiary alicyclic amines) is 1. The number of phenols is 1. The summed E-state index contributed by atoms with van der Waals surface area (Å²) in [6.07, 6.45) is 3.71. The van der Waals surface area contributed by atoms with E-state index in [0.717, 1.165) is 18.9 Å². The van der Waals surface area contributed by atoms with Crippen molar-refractivity contribution in [2.75, 3.05) is 19.7 Å². The van der Waals surface area contributed by atoms with E-state index in [1.807, 2.05) is 6.07 Å². The summed E-state index contributed by atoms with van der Waals surface area (Å²) in [5, 5.41) is 9.53. The van der Waals surface area contributed by atoms with Crippen LogP contribution in [0.5, 0.6) is 11.5 Å². The zero-order valence-electron chi connectivity index (χ0n) is 11.3. The third-order valence-corrected chi connectivity index (χ3v) is 4.21. The van der Waals surface area contributed by atoms with E-state index in [4.69, 9.17) is 4.74 Å². The molecule has 0 radical (unpaired) electrons. The molecule has 1 aromatic carbocycles. The number of nitrogens with zero attached hydrogens (tertiary/aromatic N) is 1. The van der Waals surface area contributed by atoms with E-state index in [-0.39, 0.29) is 12.4 Å². The Hall–Kier alpha value is -0.930. The summed E-state index contributed by atoms with van der Waals surface area (Å²) in [5.74, 6) is 1.76. The van der Waals surface area contributed by atoms with Crippen molar-refractivity contribution in [3.8, 4) is 11.5 Å². The summed E-state index contributed by atoms with van der Waals surface area (Å²) in [4.78, 5) is 2.57. The number of benzene rings is 1. The zero-order chi connectivity index (χ0) is 12.5. The Kier molecular flexibility index (Phi) is 4.58. The van der Waals surface area contributed by atoms with Crippen molar-refractivity contribution in [3.05, 3.63) is 23.8 Å². The molecule has 0 unspecified atom stereocenters. The summed E-state index contributed by atoms with van der Waals surface area (Å²) in [6.45, 7) is 5.37. The van der Waals surface area contributed by atoms with Gasteiger partial charge in [0.05, 0.1) is 6.04 Å². The molecule has 19 heavy (non-hydrogen) atoms. The molecule has 0 amide bonds. The molecule has 2 heterocycles. The largest absolute Gasteiger partial charge is 0.508 e. The van der Waals surface area contributed by atoms with Crippen LogP contribution in [0, 0.1) is 0 Å². The maximum absolute atomic E-state index is 9.53. The van der Waals surface area contributed by atoms with Crippen LogP contribution in [0.4, 0.5) is 0 Å². The van der Waals surface area contributed by atoms with Crippen molar-refractivity contribution in [1.82, 2.24) is 4.90 Å². The zero-order valence-corrected chi connectivity index (χ0v) is 12.2. The fourth-order valence-electron chi connectivity index (χ4n) is 3.41. The van der Waals surface area contributed by atoms with Crippen molar-refractivity contribution in [3.63, 3.8) is 0 Å². The Bertz CT molecular complexity index is 436. The molecular formula is C15H22ClNO2. The number of fused-ring (bicyclic) bond motifs is 3. The molecule has 0 saturated carbocycles. The SMILES string of the molecule is CCCN1CCC[C@H]2c3ccc(O)cc3OC[C@@H]21.Cl. The highest BCUT2D eigenvalue weighted by Gasteiger charge is 2.37. The average Bonchev–Trinajstić information content (AvgIpc) is 2.38. The minimum atomic E-state index is 0. The number of phenolic OH excluding ortho intramolecular Hbond substituents is 1. The van der Waals surface area contributed by atoms with E-state index in [0.29, 0.717) is 17.7 Å². The van der Waals surface area contributed by atoms with Gasteiger partial charge in [0.1, 0.15) is 18.1 Å². The van der Waals surface area contributed by atoms with Gasteiger partial charge >= 0.3 is 0 Å². The summed E-state index contributed by atoms with van der Waals surface area (Å²) in [5.41, 5.74) is 1.28. The van der Waals surface area contributed by atoms with E-state index < -0.39 is 0 Å². The van der Waals surface area contributed by atoms with Gasteiger partial charge in [-0.15, -0.1) is 12.4 Å². The predicted octanol–water partition coefficient (Wildman–Crippen LogP) is 3.16. The molecule has 2 aliphatic heterocycles. The molecule has 1 fully saturated rings. The standard InChI is InChI=1S/C15H21NO2.ClH/c1-2-7-16-8-3-4-12-13-6-5-11(17)9-15(13)18-10-14(12)16;/h5-6,9,12,14,17H,2-4,7-8,10H2,1H3;1H/t12-,14-;/m0./s1. The van der Waals surface area contributed by atoms with Gasteiger partial charge in [0.2, 0.25) is 0 Å². The van der Waals surface area contributed by atoms with E-state index in [2.05, 4.69) is 11.8 Å². The van der Waals surface area contributed by atoms with Gasteiger partial charge in [0, 0.05) is 12.0 Å². The second-order valence-corrected chi connectivity index (χ2v) is 5.39. The van der Waals surface area contributed by atoms with Gasteiger partial charge in [-0.05, 0) is 44.0 Å². The molecule has 3 rings (SSSR count). The molecule has 2 atom stereocenters. The number of rotatable bonds is 2. The Morgan fingerprint density at radius 3 is 3.05 bits per heavy atom. The van der Waals surface area contributed by atoms with E-state index in [1.54, 1.807) is 12.1 Å². The predicted molar refractivity (Wildman–Crippen MR) is 78.5 cm³/mol. The van der Waals surface area contributed by atoms with Crippen LogP contribution in [0.2, 0.25) is 0 Å². The first kappa shape index (κ1) is 14.5. The number of piperidine rings is 1. The lowest BCUT2D eigenvalue weighted by Crippen LogP contribution is -2.49. The normalized spacial score (nSPS) is 25.7. The minimum Gasteiger partial charge on any atom is -0.508 e. The van der Waals surface area contributed by atoms with Gasteiger partial charge < -0.3 is 9.84 Å². The maximum Gasteiger partial charge on any atom is 0.126 e. The van der Waals surface area contributed by atoms with Crippen molar-refractivity contribution >= 4 is 12.4 Å². The first-order valence-electron chi connectivity index (χ1n) is 6.99. The quantitative estimate of drug-likeness (QED) is 0.905. The topological polar surface area (TPSA) is 32.7 Å². The smallest absolute Gasteiger partial charge is 0.126 e. The van der Waals surface area contributed by atoms with E-state index in [1.165, 1.54) is 31.4 Å². The molecule has 1 aromatic rings. The number of hydrogen-bond acceptors (Lipinski definition) is 3. The van der Waals surface area contributed by atoms with Gasteiger partial charge in [0.25, 0.3) is 0 Å². The first-order chi connectivity index (χ1) is 8.79. The molecule has 0 aliphatic carbocycles. The Morgan fingerprint density at radius 2 is 2.26 bits per heavy atom. The van der Waals surface area contributed by atoms with Gasteiger partial charge in [-0.25, -0.2) is 0 Å². The third-order valence-electron chi connectivity index (χ3n) is 4.21. The van der Waals surface area contributed by atoms with Crippen molar-refractivity contribution < 1.29 is 9.84 Å². The average molecular weight is 284 g/mol. The molecule has 0 aromatic heterocycles. The van der Waals surface area contributed by atoms with Crippen LogP contribution >= 0.6 is 12.4 Å². The third kappa shape index (κ3) is 2.67. The van der Waals surface area contributed by atoms with Crippen LogP contribution in [0.25, 0.3) is 0 Å². The molecule has 4 heteroatoms. The number of halogens is 1. The highest BCUT2D eigenvalue weighted by atomic mass is 35.5. The van der Waals surface area contributed by atoms with E-state index in [9.17, 15) is 5.11 Å². The second kappa shape index (κ2) is 6.02. The number of ether oxygens (including phenoxy) is 1. The summed E-state index contributed by atoms with van der Waals surface area (Å²) >= 11 is 0. The summed E-state index contributed by atoms with van der Waals surface area (Å²) in [7, 11) is 0. The summed E-state index contributed by atoms with van der Waals surface area (Å²) < 4.78 is 5.85. The van der Waals surface area contributed by atoms with Crippen molar-refractivity contribution in [2.45, 2.75) is 38.1 Å². The molecular weight excluding hydrogens is 262 g/mol. The van der Waals surface area contributed by atoms with Crippen LogP contribution in [0.3, 0.4) is 0 Å². The van der Waals surface area contributed by atoms with Crippen molar-refractivity contribution in [1.29, 1.82) is 0 Å². The van der Waals surface area contributed by atoms with Gasteiger partial charge in [-0.2, -0.15) is 0 Å². The fourth-order valence-corrected chi connectivity index (χ4v) is 3.41. The van der Waals surface area contributed by atoms with Crippen LogP contribution in [0.15, 0.2) is 18.2 Å². The molecule has 106 valence electrons. The molecule has 2 aliphatic rings. The lowest BCUT2D eigenvalue weighted by molar-refractivity contribution is 0.0658. The van der Waals surface area contributed by atoms with Crippen LogP contribution < -0.4 is 4.74 Å². The lowest BCUT2D eigenvalue weighted by atomic mass is 9.81. The minimum absolute atomic E-state index is 0. The number of aromatic hydroxyl groups is 1. The highest BCUT2D eigenvalue weighted by Crippen LogP contribution is 2.42. The van der Waals surface area contributed by atoms with Crippen LogP contribution in [-0.4, -0.2) is 35.7 Å². The lowest BCUT2D eigenvalue weighted by Gasteiger charge is -2.44. The van der Waals surface area contributed by atoms with Gasteiger partial charge in [-0.1, -0.05) is 13.0 Å². The Labute approximate surface area is 121 Å². The van der Waals surface area contributed by atoms with E-state index >= 15 is 0 Å². The Balaban J connectivity index is 0.00000133. The molecule has 3 nitrogen and oxygen atoms in total. The van der Waals surface area contributed by atoms with Gasteiger partial charge in [-0.3, -0.25) is 4.90 Å². The monoisotopic (exact) mass is 283 g/mol. The first-order valence-corrected chi connectivity index (χ1v) is 6.99. The molecule has 0 spiro atoms. The van der Waals surface area contributed by atoms with Gasteiger partial charge in [0.15, 0.2) is 0 Å². The van der Waals surface area contributed by atoms with Crippen molar-refractivity contribution in [2.24, 2.45) is 0 Å². The second-order valence-electron chi connectivity index (χ2n) is 5.39. The van der Waals surface area contributed by atoms with Crippen LogP contribution in [-0.2, 0) is 0 Å².